The van der Waals surface area contributed by atoms with Crippen molar-refractivity contribution in [1.29, 1.82) is 0 Å². The van der Waals surface area contributed by atoms with Crippen molar-refractivity contribution >= 4 is 35.2 Å². The van der Waals surface area contributed by atoms with E-state index in [1.807, 2.05) is 0 Å². The summed E-state index contributed by atoms with van der Waals surface area (Å²) in [4.78, 5) is 7.04. The first-order chi connectivity index (χ1) is 5.47. The lowest BCUT2D eigenvalue weighted by Crippen LogP contribution is -2.34. The average molecular weight is 270 g/mol. The fourth-order valence-electron chi connectivity index (χ4n) is 1.94. The zero-order valence-corrected chi connectivity index (χ0v) is 10.4. The molecule has 0 unspecified atom stereocenters. The summed E-state index contributed by atoms with van der Waals surface area (Å²) in [6.07, 6.45) is 6.63. The molecule has 1 fully saturated rings. The van der Waals surface area contributed by atoms with Crippen molar-refractivity contribution < 1.29 is 0 Å². The van der Waals surface area contributed by atoms with Gasteiger partial charge in [0.15, 0.2) is 0 Å². The third-order valence-electron chi connectivity index (χ3n) is 2.57. The van der Waals surface area contributed by atoms with Crippen LogP contribution >= 0.6 is 29.4 Å². The van der Waals surface area contributed by atoms with Crippen LogP contribution in [0.25, 0.3) is 0 Å². The van der Waals surface area contributed by atoms with Crippen molar-refractivity contribution in [3.8, 4) is 0 Å². The molecule has 4 heteroatoms. The Bertz CT molecular complexity index is 173. The zero-order valence-electron chi connectivity index (χ0n) is 7.87. The SMILES string of the molecule is Br.C1CCC2=NCCCN2CC1.Cl. The van der Waals surface area contributed by atoms with Crippen LogP contribution in [-0.4, -0.2) is 30.4 Å². The molecule has 78 valence electrons. The lowest BCUT2D eigenvalue weighted by molar-refractivity contribution is 0.391. The third-order valence-corrected chi connectivity index (χ3v) is 2.57. The van der Waals surface area contributed by atoms with Gasteiger partial charge in [0.25, 0.3) is 0 Å². The molecule has 2 rings (SSSR count). The summed E-state index contributed by atoms with van der Waals surface area (Å²) >= 11 is 0. The number of halogens is 2. The highest BCUT2D eigenvalue weighted by Gasteiger charge is 2.16. The van der Waals surface area contributed by atoms with Crippen LogP contribution in [0.4, 0.5) is 0 Å². The van der Waals surface area contributed by atoms with Gasteiger partial charge in [-0.2, -0.15) is 0 Å². The normalized spacial score (nSPS) is 21.5. The summed E-state index contributed by atoms with van der Waals surface area (Å²) < 4.78 is 0. The van der Waals surface area contributed by atoms with Gasteiger partial charge in [0.05, 0.1) is 5.84 Å². The smallest absolute Gasteiger partial charge is 0.0988 e. The Kier molecular flexibility index (Phi) is 6.78. The van der Waals surface area contributed by atoms with E-state index in [1.165, 1.54) is 51.0 Å². The Hall–Kier alpha value is 0.240. The van der Waals surface area contributed by atoms with Crippen molar-refractivity contribution in [1.82, 2.24) is 4.90 Å². The molecule has 0 amide bonds. The fraction of sp³-hybridized carbons (Fsp3) is 0.889. The predicted molar refractivity (Wildman–Crippen MR) is 64.5 cm³/mol. The minimum absolute atomic E-state index is 0. The van der Waals surface area contributed by atoms with Gasteiger partial charge in [0, 0.05) is 26.1 Å². The molecule has 2 aliphatic heterocycles. The molecule has 0 bridgehead atoms. The van der Waals surface area contributed by atoms with Crippen molar-refractivity contribution in [2.45, 2.75) is 32.1 Å². The molecular weight excluding hydrogens is 251 g/mol. The molecule has 0 radical (unpaired) electrons. The number of nitrogens with zero attached hydrogens (tertiary/aromatic N) is 2. The summed E-state index contributed by atoms with van der Waals surface area (Å²) in [6, 6.07) is 0. The Morgan fingerprint density at radius 2 is 1.77 bits per heavy atom. The van der Waals surface area contributed by atoms with E-state index in [2.05, 4.69) is 9.89 Å². The van der Waals surface area contributed by atoms with Crippen molar-refractivity contribution in [2.75, 3.05) is 19.6 Å². The Morgan fingerprint density at radius 3 is 2.62 bits per heavy atom. The van der Waals surface area contributed by atoms with Gasteiger partial charge >= 0.3 is 0 Å². The minimum atomic E-state index is 0. The molecule has 0 aromatic carbocycles. The van der Waals surface area contributed by atoms with Crippen LogP contribution in [0, 0.1) is 0 Å². The maximum atomic E-state index is 4.55. The number of hydrogen-bond acceptors (Lipinski definition) is 2. The van der Waals surface area contributed by atoms with Gasteiger partial charge < -0.3 is 4.90 Å². The second-order valence-electron chi connectivity index (χ2n) is 3.45. The number of rotatable bonds is 0. The third kappa shape index (κ3) is 3.47. The van der Waals surface area contributed by atoms with E-state index in [0.29, 0.717) is 0 Å². The van der Waals surface area contributed by atoms with E-state index in [4.69, 9.17) is 0 Å². The van der Waals surface area contributed by atoms with Gasteiger partial charge in [-0.05, 0) is 19.3 Å². The molecule has 2 nitrogen and oxygen atoms in total. The fourth-order valence-corrected chi connectivity index (χ4v) is 1.94. The molecule has 0 spiro atoms. The molecule has 0 aromatic rings. The second kappa shape index (κ2) is 6.66. The average Bonchev–Trinajstić information content (AvgIpc) is 2.28. The summed E-state index contributed by atoms with van der Waals surface area (Å²) in [5.74, 6) is 1.40. The van der Waals surface area contributed by atoms with Crippen LogP contribution in [0.1, 0.15) is 32.1 Å². The standard InChI is InChI=1S/C9H16N2.BrH.ClH/c1-2-5-9-10-6-4-8-11(9)7-3-1;;/h1-8H2;2*1H. The van der Waals surface area contributed by atoms with Gasteiger partial charge in [0.1, 0.15) is 0 Å². The summed E-state index contributed by atoms with van der Waals surface area (Å²) in [6.45, 7) is 3.60. The monoisotopic (exact) mass is 268 g/mol. The second-order valence-corrected chi connectivity index (χ2v) is 3.45. The van der Waals surface area contributed by atoms with E-state index < -0.39 is 0 Å². The number of amidine groups is 1. The first kappa shape index (κ1) is 13.2. The summed E-state index contributed by atoms with van der Waals surface area (Å²) in [5, 5.41) is 0. The number of aliphatic imine (C=N–C) groups is 1. The van der Waals surface area contributed by atoms with Crippen LogP contribution in [-0.2, 0) is 0 Å². The highest BCUT2D eigenvalue weighted by atomic mass is 79.9. The lowest BCUT2D eigenvalue weighted by atomic mass is 10.2. The number of fused-ring (bicyclic) bond motifs is 1. The summed E-state index contributed by atoms with van der Waals surface area (Å²) in [5.41, 5.74) is 0. The Morgan fingerprint density at radius 1 is 1.00 bits per heavy atom. The van der Waals surface area contributed by atoms with Crippen LogP contribution in [0.2, 0.25) is 0 Å². The molecular formula is C9H18BrClN2. The lowest BCUT2D eigenvalue weighted by Gasteiger charge is -2.27. The van der Waals surface area contributed by atoms with Crippen LogP contribution in [0.15, 0.2) is 4.99 Å². The van der Waals surface area contributed by atoms with Gasteiger partial charge in [-0.25, -0.2) is 0 Å². The van der Waals surface area contributed by atoms with Gasteiger partial charge in [-0.1, -0.05) is 6.42 Å². The maximum Gasteiger partial charge on any atom is 0.0988 e. The highest BCUT2D eigenvalue weighted by molar-refractivity contribution is 8.93. The predicted octanol–water partition coefficient (Wildman–Crippen LogP) is 2.66. The Balaban J connectivity index is 0.000000720. The van der Waals surface area contributed by atoms with Gasteiger partial charge in [-0.3, -0.25) is 4.99 Å². The zero-order chi connectivity index (χ0) is 7.52. The molecule has 13 heavy (non-hydrogen) atoms. The van der Waals surface area contributed by atoms with E-state index >= 15 is 0 Å². The highest BCUT2D eigenvalue weighted by Crippen LogP contribution is 2.15. The van der Waals surface area contributed by atoms with Crippen molar-refractivity contribution in [3.63, 3.8) is 0 Å². The van der Waals surface area contributed by atoms with E-state index in [0.717, 1.165) is 6.54 Å². The quantitative estimate of drug-likeness (QED) is 0.660. The van der Waals surface area contributed by atoms with Crippen LogP contribution in [0.3, 0.4) is 0 Å². The van der Waals surface area contributed by atoms with E-state index in [9.17, 15) is 0 Å². The molecule has 0 aliphatic carbocycles. The van der Waals surface area contributed by atoms with Crippen LogP contribution < -0.4 is 0 Å². The first-order valence-electron chi connectivity index (χ1n) is 4.75. The topological polar surface area (TPSA) is 15.6 Å². The largest absolute Gasteiger partial charge is 0.360 e. The van der Waals surface area contributed by atoms with Crippen molar-refractivity contribution in [2.24, 2.45) is 4.99 Å². The van der Waals surface area contributed by atoms with Crippen molar-refractivity contribution in [3.05, 3.63) is 0 Å². The molecule has 0 atom stereocenters. The maximum absolute atomic E-state index is 4.55. The van der Waals surface area contributed by atoms with E-state index in [-0.39, 0.29) is 29.4 Å². The molecule has 2 aliphatic rings. The summed E-state index contributed by atoms with van der Waals surface area (Å²) in [7, 11) is 0. The van der Waals surface area contributed by atoms with Gasteiger partial charge in [0.2, 0.25) is 0 Å². The minimum Gasteiger partial charge on any atom is -0.360 e. The van der Waals surface area contributed by atoms with E-state index in [1.54, 1.807) is 0 Å². The van der Waals surface area contributed by atoms with Gasteiger partial charge in [-0.15, -0.1) is 29.4 Å². The molecule has 0 saturated carbocycles. The molecule has 2 heterocycles. The molecule has 0 aromatic heterocycles. The number of hydrogen-bond donors (Lipinski definition) is 0. The molecule has 0 N–H and O–H groups in total. The first-order valence-corrected chi connectivity index (χ1v) is 4.75. The molecule has 1 saturated heterocycles. The van der Waals surface area contributed by atoms with Crippen LogP contribution in [0.5, 0.6) is 0 Å². The Labute approximate surface area is 97.0 Å².